The van der Waals surface area contributed by atoms with E-state index in [2.05, 4.69) is 15.3 Å². The normalized spacial score (nSPS) is 17.5. The van der Waals surface area contributed by atoms with Crippen LogP contribution in [0.1, 0.15) is 19.3 Å². The van der Waals surface area contributed by atoms with Crippen molar-refractivity contribution >= 4 is 5.95 Å². The van der Waals surface area contributed by atoms with Crippen LogP contribution in [0.2, 0.25) is 0 Å². The van der Waals surface area contributed by atoms with Gasteiger partial charge >= 0.3 is 0 Å². The summed E-state index contributed by atoms with van der Waals surface area (Å²) >= 11 is 0. The van der Waals surface area contributed by atoms with Gasteiger partial charge in [0.05, 0.1) is 12.4 Å². The lowest BCUT2D eigenvalue weighted by Crippen LogP contribution is -2.18. The lowest BCUT2D eigenvalue weighted by molar-refractivity contribution is 0.253. The Labute approximate surface area is 87.6 Å². The average Bonchev–Trinajstić information content (AvgIpc) is 2.99. The Morgan fingerprint density at radius 3 is 2.60 bits per heavy atom. The van der Waals surface area contributed by atoms with E-state index in [1.165, 1.54) is 0 Å². The number of nitrogens with one attached hydrogen (secondary N) is 1. The van der Waals surface area contributed by atoms with Gasteiger partial charge < -0.3 is 10.4 Å². The Balaban J connectivity index is 1.85. The summed E-state index contributed by atoms with van der Waals surface area (Å²) in [7, 11) is 0. The fraction of sp³-hybridized carbons (Fsp3) is 0.600. The minimum absolute atomic E-state index is 0.214. The van der Waals surface area contributed by atoms with Gasteiger partial charge in [0.1, 0.15) is 0 Å². The number of aliphatic hydroxyl groups excluding tert-OH is 1. The van der Waals surface area contributed by atoms with Crippen LogP contribution in [-0.2, 0) is 0 Å². The second-order valence-corrected chi connectivity index (χ2v) is 4.05. The highest BCUT2D eigenvalue weighted by molar-refractivity contribution is 5.24. The Bertz CT molecular complexity index is 324. The maximum atomic E-state index is 12.5. The van der Waals surface area contributed by atoms with Crippen molar-refractivity contribution in [2.24, 2.45) is 5.41 Å². The summed E-state index contributed by atoms with van der Waals surface area (Å²) in [5.41, 5.74) is 0.215. The van der Waals surface area contributed by atoms with Gasteiger partial charge in [-0.3, -0.25) is 0 Å². The molecule has 0 spiro atoms. The predicted molar refractivity (Wildman–Crippen MR) is 53.8 cm³/mol. The molecule has 0 atom stereocenters. The van der Waals surface area contributed by atoms with Crippen LogP contribution in [0.25, 0.3) is 0 Å². The van der Waals surface area contributed by atoms with E-state index in [0.29, 0.717) is 5.95 Å². The molecular formula is C10H14FN3O. The summed E-state index contributed by atoms with van der Waals surface area (Å²) < 4.78 is 12.5. The number of hydrogen-bond acceptors (Lipinski definition) is 4. The number of aliphatic hydroxyl groups is 1. The third kappa shape index (κ3) is 2.62. The Morgan fingerprint density at radius 1 is 1.40 bits per heavy atom. The Kier molecular flexibility index (Phi) is 2.81. The van der Waals surface area contributed by atoms with Gasteiger partial charge in [-0.05, 0) is 24.7 Å². The second-order valence-electron chi connectivity index (χ2n) is 4.05. The molecule has 2 N–H and O–H groups in total. The second kappa shape index (κ2) is 4.10. The van der Waals surface area contributed by atoms with Crippen LogP contribution in [0.3, 0.4) is 0 Å². The SMILES string of the molecule is OCCC1(CNc2ncc(F)cn2)CC1. The Morgan fingerprint density at radius 2 is 2.07 bits per heavy atom. The fourth-order valence-electron chi connectivity index (χ4n) is 1.60. The molecule has 1 aliphatic rings. The van der Waals surface area contributed by atoms with Crippen molar-refractivity contribution in [2.45, 2.75) is 19.3 Å². The van der Waals surface area contributed by atoms with Gasteiger partial charge in [-0.25, -0.2) is 14.4 Å². The molecule has 0 amide bonds. The van der Waals surface area contributed by atoms with Crippen molar-refractivity contribution in [1.29, 1.82) is 0 Å². The summed E-state index contributed by atoms with van der Waals surface area (Å²) in [4.78, 5) is 7.62. The van der Waals surface area contributed by atoms with Crippen molar-refractivity contribution < 1.29 is 9.50 Å². The number of anilines is 1. The maximum absolute atomic E-state index is 12.5. The first-order chi connectivity index (χ1) is 7.24. The molecule has 0 aromatic carbocycles. The van der Waals surface area contributed by atoms with Crippen molar-refractivity contribution in [3.8, 4) is 0 Å². The standard InChI is InChI=1S/C10H14FN3O/c11-8-5-12-9(13-6-8)14-7-10(1-2-10)3-4-15/h5-6,15H,1-4,7H2,(H,12,13,14). The third-order valence-corrected chi connectivity index (χ3v) is 2.84. The molecule has 0 bridgehead atoms. The molecule has 2 rings (SSSR count). The minimum Gasteiger partial charge on any atom is -0.396 e. The fourth-order valence-corrected chi connectivity index (χ4v) is 1.60. The van der Waals surface area contributed by atoms with Gasteiger partial charge in [0.25, 0.3) is 0 Å². The monoisotopic (exact) mass is 211 g/mol. The van der Waals surface area contributed by atoms with E-state index in [1.54, 1.807) is 0 Å². The van der Waals surface area contributed by atoms with E-state index in [0.717, 1.165) is 38.2 Å². The molecule has 4 nitrogen and oxygen atoms in total. The lowest BCUT2D eigenvalue weighted by atomic mass is 10.0. The average molecular weight is 211 g/mol. The topological polar surface area (TPSA) is 58.0 Å². The number of aromatic nitrogens is 2. The highest BCUT2D eigenvalue weighted by Gasteiger charge is 2.41. The molecule has 1 fully saturated rings. The summed E-state index contributed by atoms with van der Waals surface area (Å²) in [6.45, 7) is 0.963. The molecule has 0 radical (unpaired) electrons. The molecule has 1 heterocycles. The highest BCUT2D eigenvalue weighted by atomic mass is 19.1. The molecule has 15 heavy (non-hydrogen) atoms. The number of hydrogen-bond donors (Lipinski definition) is 2. The highest BCUT2D eigenvalue weighted by Crippen LogP contribution is 2.48. The van der Waals surface area contributed by atoms with E-state index in [9.17, 15) is 4.39 Å². The van der Waals surface area contributed by atoms with Crippen molar-refractivity contribution in [1.82, 2.24) is 9.97 Å². The van der Waals surface area contributed by atoms with Crippen molar-refractivity contribution in [3.05, 3.63) is 18.2 Å². The van der Waals surface area contributed by atoms with E-state index in [4.69, 9.17) is 5.11 Å². The smallest absolute Gasteiger partial charge is 0.222 e. The van der Waals surface area contributed by atoms with E-state index < -0.39 is 5.82 Å². The minimum atomic E-state index is -0.433. The van der Waals surface area contributed by atoms with Crippen molar-refractivity contribution in [2.75, 3.05) is 18.5 Å². The summed E-state index contributed by atoms with van der Waals surface area (Å²) in [6, 6.07) is 0. The van der Waals surface area contributed by atoms with Crippen LogP contribution in [-0.4, -0.2) is 28.2 Å². The largest absolute Gasteiger partial charge is 0.396 e. The van der Waals surface area contributed by atoms with Gasteiger partial charge in [0.15, 0.2) is 5.82 Å². The zero-order valence-corrected chi connectivity index (χ0v) is 8.41. The molecule has 1 aliphatic carbocycles. The zero-order chi connectivity index (χ0) is 10.7. The molecule has 1 aromatic heterocycles. The van der Waals surface area contributed by atoms with Crippen molar-refractivity contribution in [3.63, 3.8) is 0 Å². The number of rotatable bonds is 5. The molecule has 1 saturated carbocycles. The first-order valence-electron chi connectivity index (χ1n) is 5.06. The summed E-state index contributed by atoms with van der Waals surface area (Å²) in [6.07, 6.45) is 5.34. The van der Waals surface area contributed by atoms with Crippen LogP contribution in [0.15, 0.2) is 12.4 Å². The van der Waals surface area contributed by atoms with E-state index in [1.807, 2.05) is 0 Å². The van der Waals surface area contributed by atoms with Gasteiger partial charge in [-0.2, -0.15) is 0 Å². The zero-order valence-electron chi connectivity index (χ0n) is 8.41. The molecule has 0 aliphatic heterocycles. The quantitative estimate of drug-likeness (QED) is 0.768. The van der Waals surface area contributed by atoms with Gasteiger partial charge in [0.2, 0.25) is 5.95 Å². The predicted octanol–water partition coefficient (Wildman–Crippen LogP) is 1.19. The maximum Gasteiger partial charge on any atom is 0.222 e. The van der Waals surface area contributed by atoms with Crippen LogP contribution in [0, 0.1) is 11.2 Å². The molecule has 1 aromatic rings. The van der Waals surface area contributed by atoms with E-state index >= 15 is 0 Å². The van der Waals surface area contributed by atoms with Crippen LogP contribution in [0.5, 0.6) is 0 Å². The first kappa shape index (κ1) is 10.3. The van der Waals surface area contributed by atoms with Crippen LogP contribution < -0.4 is 5.32 Å². The van der Waals surface area contributed by atoms with E-state index in [-0.39, 0.29) is 12.0 Å². The van der Waals surface area contributed by atoms with Gasteiger partial charge in [0, 0.05) is 13.2 Å². The third-order valence-electron chi connectivity index (χ3n) is 2.84. The van der Waals surface area contributed by atoms with Crippen LogP contribution >= 0.6 is 0 Å². The summed E-state index contributed by atoms with van der Waals surface area (Å²) in [5, 5.41) is 11.9. The first-order valence-corrected chi connectivity index (χ1v) is 5.06. The molecule has 0 saturated heterocycles. The molecular weight excluding hydrogens is 197 g/mol. The number of halogens is 1. The Hall–Kier alpha value is -1.23. The lowest BCUT2D eigenvalue weighted by Gasteiger charge is -2.13. The number of nitrogens with zero attached hydrogens (tertiary/aromatic N) is 2. The van der Waals surface area contributed by atoms with Gasteiger partial charge in [-0.1, -0.05) is 0 Å². The van der Waals surface area contributed by atoms with Crippen LogP contribution in [0.4, 0.5) is 10.3 Å². The van der Waals surface area contributed by atoms with Gasteiger partial charge in [-0.15, -0.1) is 0 Å². The molecule has 0 unspecified atom stereocenters. The molecule has 82 valence electrons. The summed E-state index contributed by atoms with van der Waals surface area (Å²) in [5.74, 6) is 0.0117. The molecule has 5 heteroatoms.